The van der Waals surface area contributed by atoms with Crippen LogP contribution in [0.4, 0.5) is 13.2 Å². The molecule has 2 aromatic heterocycles. The minimum Gasteiger partial charge on any atom is -0.293 e. The lowest BCUT2D eigenvalue weighted by atomic mass is 10.1. The average Bonchev–Trinajstić information content (AvgIpc) is 2.91. The highest BCUT2D eigenvalue weighted by atomic mass is 32.2. The van der Waals surface area contributed by atoms with E-state index in [1.807, 2.05) is 0 Å². The number of imidazole rings is 1. The van der Waals surface area contributed by atoms with E-state index < -0.39 is 38.0 Å². The van der Waals surface area contributed by atoms with Gasteiger partial charge >= 0.3 is 0 Å². The standard InChI is InChI=1S/C15H11F3N4O3S/c1-6(2)11-12(7-4-8(16)10(18)9(17)5-7)22-13(19-11)14(23)20-15(21-22)26(3,24)25/h4-5H,1H2,2-3H3,(H,20,21,23). The maximum Gasteiger partial charge on any atom is 0.295 e. The van der Waals surface area contributed by atoms with E-state index in [1.165, 1.54) is 6.92 Å². The molecule has 0 amide bonds. The zero-order chi connectivity index (χ0) is 19.4. The van der Waals surface area contributed by atoms with Crippen molar-refractivity contribution in [3.05, 3.63) is 52.2 Å². The molecule has 0 aliphatic heterocycles. The first kappa shape index (κ1) is 17.9. The Labute approximate surface area is 144 Å². The van der Waals surface area contributed by atoms with E-state index in [0.717, 1.165) is 10.8 Å². The first-order chi connectivity index (χ1) is 12.0. The fraction of sp³-hybridized carbons (Fsp3) is 0.133. The summed E-state index contributed by atoms with van der Waals surface area (Å²) in [5, 5.41) is 3.14. The van der Waals surface area contributed by atoms with E-state index >= 15 is 0 Å². The SMILES string of the molecule is C=C(C)c1nc2c(=O)[nH]c(S(C)(=O)=O)nn2c1-c1cc(F)c(F)c(F)c1. The zero-order valence-electron chi connectivity index (χ0n) is 13.5. The number of benzene rings is 1. The molecule has 0 unspecified atom stereocenters. The molecular formula is C15H11F3N4O3S. The fourth-order valence-corrected chi connectivity index (χ4v) is 2.85. The van der Waals surface area contributed by atoms with Gasteiger partial charge in [0, 0.05) is 11.8 Å². The summed E-state index contributed by atoms with van der Waals surface area (Å²) < 4.78 is 64.9. The van der Waals surface area contributed by atoms with Gasteiger partial charge in [0.15, 0.2) is 17.5 Å². The molecule has 3 rings (SSSR count). The van der Waals surface area contributed by atoms with Crippen LogP contribution in [-0.2, 0) is 9.84 Å². The summed E-state index contributed by atoms with van der Waals surface area (Å²) in [6, 6.07) is 1.38. The van der Waals surface area contributed by atoms with Crippen LogP contribution in [0.5, 0.6) is 0 Å². The maximum atomic E-state index is 13.7. The molecule has 0 saturated heterocycles. The second-order valence-corrected chi connectivity index (χ2v) is 7.54. The summed E-state index contributed by atoms with van der Waals surface area (Å²) >= 11 is 0. The van der Waals surface area contributed by atoms with Crippen molar-refractivity contribution < 1.29 is 21.6 Å². The number of aromatic nitrogens is 4. The number of hydrogen-bond acceptors (Lipinski definition) is 5. The van der Waals surface area contributed by atoms with Crippen molar-refractivity contribution in [3.8, 4) is 11.3 Å². The minimum absolute atomic E-state index is 0.0547. The summed E-state index contributed by atoms with van der Waals surface area (Å²) in [5.41, 5.74) is -1.10. The smallest absolute Gasteiger partial charge is 0.293 e. The summed E-state index contributed by atoms with van der Waals surface area (Å²) in [7, 11) is -3.90. The predicted octanol–water partition coefficient (Wildman–Crippen LogP) is 1.94. The number of H-pyrrole nitrogens is 1. The van der Waals surface area contributed by atoms with Gasteiger partial charge in [0.1, 0.15) is 5.69 Å². The molecule has 3 aromatic rings. The van der Waals surface area contributed by atoms with Crippen molar-refractivity contribution >= 4 is 21.1 Å². The van der Waals surface area contributed by atoms with Gasteiger partial charge in [-0.2, -0.15) is 0 Å². The van der Waals surface area contributed by atoms with E-state index in [4.69, 9.17) is 0 Å². The van der Waals surface area contributed by atoms with Gasteiger partial charge in [-0.3, -0.25) is 9.78 Å². The van der Waals surface area contributed by atoms with Crippen LogP contribution in [-0.4, -0.2) is 34.3 Å². The van der Waals surface area contributed by atoms with E-state index in [0.29, 0.717) is 17.7 Å². The molecule has 0 saturated carbocycles. The van der Waals surface area contributed by atoms with E-state index in [-0.39, 0.29) is 22.6 Å². The van der Waals surface area contributed by atoms with Crippen LogP contribution in [0.3, 0.4) is 0 Å². The molecule has 0 atom stereocenters. The van der Waals surface area contributed by atoms with Crippen LogP contribution in [0.2, 0.25) is 0 Å². The predicted molar refractivity (Wildman–Crippen MR) is 86.7 cm³/mol. The second kappa shape index (κ2) is 5.80. The van der Waals surface area contributed by atoms with Crippen LogP contribution in [0.1, 0.15) is 12.6 Å². The van der Waals surface area contributed by atoms with Crippen LogP contribution < -0.4 is 5.56 Å². The van der Waals surface area contributed by atoms with E-state index in [2.05, 4.69) is 21.6 Å². The highest BCUT2D eigenvalue weighted by Crippen LogP contribution is 2.30. The molecule has 1 N–H and O–H groups in total. The van der Waals surface area contributed by atoms with Crippen LogP contribution in [0.25, 0.3) is 22.5 Å². The number of fused-ring (bicyclic) bond motifs is 1. The third-order valence-electron chi connectivity index (χ3n) is 3.48. The number of hydrogen-bond donors (Lipinski definition) is 1. The number of nitrogens with one attached hydrogen (secondary N) is 1. The highest BCUT2D eigenvalue weighted by Gasteiger charge is 2.23. The summed E-state index contributed by atoms with van der Waals surface area (Å²) in [4.78, 5) is 18.3. The van der Waals surface area contributed by atoms with Gasteiger partial charge < -0.3 is 0 Å². The maximum absolute atomic E-state index is 13.7. The molecule has 0 aliphatic rings. The Morgan fingerprint density at radius 3 is 2.31 bits per heavy atom. The Bertz CT molecular complexity index is 1220. The van der Waals surface area contributed by atoms with Crippen molar-refractivity contribution in [3.63, 3.8) is 0 Å². The Balaban J connectivity index is 2.50. The summed E-state index contributed by atoms with van der Waals surface area (Å²) in [6.07, 6.45) is 0.824. The third kappa shape index (κ3) is 2.79. The van der Waals surface area contributed by atoms with Crippen LogP contribution in [0.15, 0.2) is 28.7 Å². The van der Waals surface area contributed by atoms with Gasteiger partial charge in [-0.05, 0) is 24.6 Å². The number of sulfone groups is 1. The van der Waals surface area contributed by atoms with Crippen LogP contribution >= 0.6 is 0 Å². The third-order valence-corrected chi connectivity index (χ3v) is 4.37. The quantitative estimate of drug-likeness (QED) is 0.696. The number of allylic oxidation sites excluding steroid dienone is 1. The summed E-state index contributed by atoms with van der Waals surface area (Å²) in [5.74, 6) is -4.59. The minimum atomic E-state index is -3.90. The zero-order valence-corrected chi connectivity index (χ0v) is 14.3. The molecular weight excluding hydrogens is 373 g/mol. The number of rotatable bonds is 3. The highest BCUT2D eigenvalue weighted by molar-refractivity contribution is 7.90. The average molecular weight is 384 g/mol. The molecule has 0 fully saturated rings. The normalized spacial score (nSPS) is 11.9. The molecule has 7 nitrogen and oxygen atoms in total. The van der Waals surface area contributed by atoms with E-state index in [9.17, 15) is 26.4 Å². The van der Waals surface area contributed by atoms with Crippen molar-refractivity contribution in [1.29, 1.82) is 0 Å². The van der Waals surface area contributed by atoms with Gasteiger partial charge in [-0.1, -0.05) is 6.58 Å². The molecule has 11 heteroatoms. The first-order valence-electron chi connectivity index (χ1n) is 7.04. The fourth-order valence-electron chi connectivity index (χ4n) is 2.34. The van der Waals surface area contributed by atoms with Crippen LogP contribution in [0, 0.1) is 17.5 Å². The molecule has 26 heavy (non-hydrogen) atoms. The van der Waals surface area contributed by atoms with Crippen molar-refractivity contribution in [2.75, 3.05) is 6.26 Å². The number of halogens is 3. The molecule has 1 aromatic carbocycles. The first-order valence-corrected chi connectivity index (χ1v) is 8.93. The molecule has 0 aliphatic carbocycles. The molecule has 0 radical (unpaired) electrons. The van der Waals surface area contributed by atoms with Gasteiger partial charge in [0.25, 0.3) is 5.56 Å². The Kier molecular flexibility index (Phi) is 3.98. The van der Waals surface area contributed by atoms with Gasteiger partial charge in [-0.15, -0.1) is 5.10 Å². The number of aromatic amines is 1. The van der Waals surface area contributed by atoms with Crippen molar-refractivity contribution in [1.82, 2.24) is 19.6 Å². The Hall–Kier alpha value is -2.95. The molecule has 2 heterocycles. The molecule has 136 valence electrons. The lowest BCUT2D eigenvalue weighted by molar-refractivity contribution is 0.447. The van der Waals surface area contributed by atoms with Gasteiger partial charge in [-0.25, -0.2) is 31.1 Å². The second-order valence-electron chi connectivity index (χ2n) is 5.61. The summed E-state index contributed by atoms with van der Waals surface area (Å²) in [6.45, 7) is 5.20. The molecule has 0 spiro atoms. The van der Waals surface area contributed by atoms with Gasteiger partial charge in [0.05, 0.1) is 5.69 Å². The largest absolute Gasteiger partial charge is 0.295 e. The van der Waals surface area contributed by atoms with Crippen molar-refractivity contribution in [2.45, 2.75) is 12.1 Å². The topological polar surface area (TPSA) is 97.2 Å². The lowest BCUT2D eigenvalue weighted by Gasteiger charge is -2.06. The number of nitrogens with zero attached hydrogens (tertiary/aromatic N) is 3. The van der Waals surface area contributed by atoms with E-state index in [1.54, 1.807) is 0 Å². The van der Waals surface area contributed by atoms with Gasteiger partial charge in [0.2, 0.25) is 20.6 Å². The lowest BCUT2D eigenvalue weighted by Crippen LogP contribution is -2.19. The Morgan fingerprint density at radius 1 is 1.23 bits per heavy atom. The monoisotopic (exact) mass is 384 g/mol. The Morgan fingerprint density at radius 2 is 1.81 bits per heavy atom. The molecule has 0 bridgehead atoms. The van der Waals surface area contributed by atoms with Crippen molar-refractivity contribution in [2.24, 2.45) is 0 Å².